The third-order valence-corrected chi connectivity index (χ3v) is 1.65. The number of benzene rings is 1. The van der Waals surface area contributed by atoms with Crippen molar-refractivity contribution in [3.05, 3.63) is 40.9 Å². The smallest absolute Gasteiger partial charge is 0.0643 e. The second kappa shape index (κ2) is 3.93. The second-order valence-electron chi connectivity index (χ2n) is 2.17. The average molecular weight is 182 g/mol. The Morgan fingerprint density at radius 2 is 2.08 bits per heavy atom. The number of rotatable bonds is 2. The minimum Gasteiger partial charge on any atom is -0.545 e. The molecule has 3 heteroatoms. The van der Waals surface area contributed by atoms with E-state index < -0.39 is 5.97 Å². The summed E-state index contributed by atoms with van der Waals surface area (Å²) in [4.78, 5) is 10.0. The Hall–Kier alpha value is -1.28. The molecule has 12 heavy (non-hydrogen) atoms. The van der Waals surface area contributed by atoms with Crippen molar-refractivity contribution in [1.82, 2.24) is 0 Å². The van der Waals surface area contributed by atoms with Crippen molar-refractivity contribution in [1.29, 1.82) is 0 Å². The van der Waals surface area contributed by atoms with E-state index in [1.807, 2.05) is 0 Å². The van der Waals surface area contributed by atoms with Crippen LogP contribution in [-0.4, -0.2) is 5.97 Å². The largest absolute Gasteiger partial charge is 0.545 e. The van der Waals surface area contributed by atoms with Gasteiger partial charge in [0.05, 0.1) is 5.97 Å². The van der Waals surface area contributed by atoms with Gasteiger partial charge in [-0.2, -0.15) is 0 Å². The van der Waals surface area contributed by atoms with Crippen LogP contribution in [0.1, 0.15) is 5.56 Å². The lowest BCUT2D eigenvalue weighted by Gasteiger charge is -1.96. The van der Waals surface area contributed by atoms with E-state index in [0.29, 0.717) is 10.6 Å². The van der Waals surface area contributed by atoms with Crippen LogP contribution < -0.4 is 5.11 Å². The highest BCUT2D eigenvalue weighted by atomic mass is 35.5. The van der Waals surface area contributed by atoms with Crippen LogP contribution in [0.15, 0.2) is 30.3 Å². The number of hydrogen-bond donors (Lipinski definition) is 0. The van der Waals surface area contributed by atoms with Crippen molar-refractivity contribution >= 4 is 23.6 Å². The van der Waals surface area contributed by atoms with E-state index in [9.17, 15) is 9.90 Å². The Balaban J connectivity index is 2.89. The van der Waals surface area contributed by atoms with Gasteiger partial charge in [0.2, 0.25) is 0 Å². The predicted octanol–water partition coefficient (Wildman–Crippen LogP) is 1.10. The fourth-order valence-electron chi connectivity index (χ4n) is 0.768. The van der Waals surface area contributed by atoms with E-state index in [0.717, 1.165) is 6.08 Å². The molecular weight excluding hydrogens is 176 g/mol. The summed E-state index contributed by atoms with van der Waals surface area (Å²) in [6.07, 6.45) is 2.35. The van der Waals surface area contributed by atoms with E-state index in [4.69, 9.17) is 11.6 Å². The zero-order chi connectivity index (χ0) is 8.97. The van der Waals surface area contributed by atoms with Crippen molar-refractivity contribution in [3.63, 3.8) is 0 Å². The number of carboxylic acids is 1. The summed E-state index contributed by atoms with van der Waals surface area (Å²) in [5, 5.41) is 10.6. The molecule has 0 bridgehead atoms. The Morgan fingerprint density at radius 3 is 2.67 bits per heavy atom. The molecule has 0 fully saturated rings. The molecule has 0 spiro atoms. The van der Waals surface area contributed by atoms with Crippen molar-refractivity contribution in [2.24, 2.45) is 0 Å². The second-order valence-corrected chi connectivity index (χ2v) is 2.58. The van der Waals surface area contributed by atoms with Crippen molar-refractivity contribution in [2.75, 3.05) is 0 Å². The van der Waals surface area contributed by atoms with E-state index in [1.165, 1.54) is 6.08 Å². The van der Waals surface area contributed by atoms with Gasteiger partial charge in [-0.25, -0.2) is 0 Å². The molecule has 62 valence electrons. The zero-order valence-electron chi connectivity index (χ0n) is 6.16. The van der Waals surface area contributed by atoms with Gasteiger partial charge >= 0.3 is 0 Å². The molecule has 0 saturated carbocycles. The highest BCUT2D eigenvalue weighted by molar-refractivity contribution is 6.32. The minimum atomic E-state index is -1.23. The highest BCUT2D eigenvalue weighted by Gasteiger charge is 1.91. The molecule has 2 nitrogen and oxygen atoms in total. The van der Waals surface area contributed by atoms with Gasteiger partial charge in [-0.1, -0.05) is 35.9 Å². The molecule has 0 aromatic heterocycles. The summed E-state index contributed by atoms with van der Waals surface area (Å²) in [7, 11) is 0. The van der Waals surface area contributed by atoms with Gasteiger partial charge < -0.3 is 9.90 Å². The first kappa shape index (κ1) is 8.81. The summed E-state index contributed by atoms with van der Waals surface area (Å²) in [6, 6.07) is 6.97. The molecule has 0 N–H and O–H groups in total. The maximum Gasteiger partial charge on any atom is 0.0643 e. The van der Waals surface area contributed by atoms with Crippen LogP contribution in [-0.2, 0) is 4.79 Å². The van der Waals surface area contributed by atoms with Gasteiger partial charge in [-0.3, -0.25) is 0 Å². The summed E-state index contributed by atoms with van der Waals surface area (Å²) >= 11 is 5.74. The Bertz CT molecular complexity index is 318. The van der Waals surface area contributed by atoms with Crippen LogP contribution in [0.5, 0.6) is 0 Å². The third-order valence-electron chi connectivity index (χ3n) is 1.30. The van der Waals surface area contributed by atoms with Gasteiger partial charge in [0.1, 0.15) is 0 Å². The summed E-state index contributed by atoms with van der Waals surface area (Å²) in [5.41, 5.74) is 0.670. The van der Waals surface area contributed by atoms with E-state index in [1.54, 1.807) is 24.3 Å². The highest BCUT2D eigenvalue weighted by Crippen LogP contribution is 2.15. The summed E-state index contributed by atoms with van der Waals surface area (Å²) in [5.74, 6) is -1.23. The fraction of sp³-hybridized carbons (Fsp3) is 0. The molecule has 1 aromatic rings. The van der Waals surface area contributed by atoms with Crippen LogP contribution in [0.4, 0.5) is 0 Å². The predicted molar refractivity (Wildman–Crippen MR) is 45.5 cm³/mol. The summed E-state index contributed by atoms with van der Waals surface area (Å²) < 4.78 is 0. The van der Waals surface area contributed by atoms with E-state index in [-0.39, 0.29) is 0 Å². The number of hydrogen-bond acceptors (Lipinski definition) is 2. The lowest BCUT2D eigenvalue weighted by molar-refractivity contribution is -0.297. The SMILES string of the molecule is O=C([O-])/C=C\c1ccccc1Cl. The van der Waals surface area contributed by atoms with E-state index in [2.05, 4.69) is 0 Å². The molecule has 0 heterocycles. The van der Waals surface area contributed by atoms with Crippen LogP contribution in [0.25, 0.3) is 6.08 Å². The minimum absolute atomic E-state index is 0.523. The quantitative estimate of drug-likeness (QED) is 0.642. The molecule has 0 atom stereocenters. The Morgan fingerprint density at radius 1 is 1.42 bits per heavy atom. The lowest BCUT2D eigenvalue weighted by atomic mass is 10.2. The molecule has 0 unspecified atom stereocenters. The molecule has 0 aliphatic carbocycles. The first-order valence-corrected chi connectivity index (χ1v) is 3.71. The van der Waals surface area contributed by atoms with Crippen molar-refractivity contribution in [2.45, 2.75) is 0 Å². The monoisotopic (exact) mass is 181 g/mol. The van der Waals surface area contributed by atoms with Crippen LogP contribution in [0.2, 0.25) is 5.02 Å². The lowest BCUT2D eigenvalue weighted by Crippen LogP contribution is -2.18. The van der Waals surface area contributed by atoms with E-state index >= 15 is 0 Å². The standard InChI is InChI=1S/C9H7ClO2/c10-8-4-2-1-3-7(8)5-6-9(11)12/h1-6H,(H,11,12)/p-1/b6-5-. The Labute approximate surface area is 75.1 Å². The molecule has 0 aliphatic heterocycles. The van der Waals surface area contributed by atoms with Crippen LogP contribution in [0, 0.1) is 0 Å². The Kier molecular flexibility index (Phi) is 2.88. The first-order valence-electron chi connectivity index (χ1n) is 3.34. The van der Waals surface area contributed by atoms with Crippen molar-refractivity contribution in [3.8, 4) is 0 Å². The van der Waals surface area contributed by atoms with Crippen LogP contribution in [0.3, 0.4) is 0 Å². The number of aliphatic carboxylic acids is 1. The molecular formula is C9H6ClO2-. The van der Waals surface area contributed by atoms with Gasteiger partial charge in [0.25, 0.3) is 0 Å². The van der Waals surface area contributed by atoms with Gasteiger partial charge in [-0.05, 0) is 17.7 Å². The van der Waals surface area contributed by atoms with Crippen molar-refractivity contribution < 1.29 is 9.90 Å². The van der Waals surface area contributed by atoms with Gasteiger partial charge in [-0.15, -0.1) is 0 Å². The topological polar surface area (TPSA) is 40.1 Å². The molecule has 0 radical (unpaired) electrons. The third kappa shape index (κ3) is 2.40. The normalized spacial score (nSPS) is 10.4. The molecule has 0 saturated heterocycles. The van der Waals surface area contributed by atoms with Gasteiger partial charge in [0.15, 0.2) is 0 Å². The number of halogens is 1. The summed E-state index contributed by atoms with van der Waals surface area (Å²) in [6.45, 7) is 0. The maximum atomic E-state index is 10.0. The molecule has 0 aliphatic rings. The van der Waals surface area contributed by atoms with Crippen LogP contribution >= 0.6 is 11.6 Å². The molecule has 0 amide bonds. The first-order chi connectivity index (χ1) is 5.70. The number of carbonyl (C=O) groups excluding carboxylic acids is 1. The number of carbonyl (C=O) groups is 1. The zero-order valence-corrected chi connectivity index (χ0v) is 6.91. The molecule has 1 rings (SSSR count). The number of carboxylic acid groups (broad SMARTS) is 1. The maximum absolute atomic E-state index is 10.0. The van der Waals surface area contributed by atoms with Gasteiger partial charge in [0, 0.05) is 5.02 Å². The molecule has 1 aromatic carbocycles. The average Bonchev–Trinajstić information content (AvgIpc) is 2.03. The fourth-order valence-corrected chi connectivity index (χ4v) is 0.967.